The molecule has 6 nitrogen and oxygen atoms in total. The molecule has 2 saturated heterocycles. The summed E-state index contributed by atoms with van der Waals surface area (Å²) in [4.78, 5) is 13.1. The molecule has 0 bridgehead atoms. The zero-order valence-corrected chi connectivity index (χ0v) is 18.6. The molecule has 4 atom stereocenters. The minimum absolute atomic E-state index is 0.0605. The summed E-state index contributed by atoms with van der Waals surface area (Å²) in [6, 6.07) is 3.87. The zero-order valence-electron chi connectivity index (χ0n) is 18.6. The number of ether oxygens (including phenoxy) is 1. The van der Waals surface area contributed by atoms with Gasteiger partial charge in [-0.3, -0.25) is 4.90 Å². The second-order valence-electron chi connectivity index (χ2n) is 9.70. The fourth-order valence-electron chi connectivity index (χ4n) is 6.00. The predicted octanol–water partition coefficient (Wildman–Crippen LogP) is 4.47. The van der Waals surface area contributed by atoms with E-state index in [1.54, 1.807) is 12.1 Å². The number of aromatic nitrogens is 3. The number of nitrogens with one attached hydrogen (secondary N) is 2. The smallest absolute Gasteiger partial charge is 0.381 e. The van der Waals surface area contributed by atoms with Crippen LogP contribution < -0.4 is 5.32 Å². The molecule has 2 fully saturated rings. The van der Waals surface area contributed by atoms with Crippen LogP contribution in [0.25, 0.3) is 11.0 Å². The van der Waals surface area contributed by atoms with E-state index in [0.29, 0.717) is 17.7 Å². The van der Waals surface area contributed by atoms with E-state index in [1.807, 2.05) is 6.92 Å². The molecule has 3 aliphatic rings. The van der Waals surface area contributed by atoms with E-state index in [-0.39, 0.29) is 28.9 Å². The Kier molecular flexibility index (Phi) is 5.07. The van der Waals surface area contributed by atoms with Gasteiger partial charge in [-0.1, -0.05) is 0 Å². The average Bonchev–Trinajstić information content (AvgIpc) is 3.48. The minimum Gasteiger partial charge on any atom is -0.381 e. The molecule has 180 valence electrons. The number of benzene rings is 1. The number of hydrogen-bond acceptors (Lipinski definition) is 5. The summed E-state index contributed by atoms with van der Waals surface area (Å²) in [6.07, 6.45) is -1.58. The van der Waals surface area contributed by atoms with Crippen molar-refractivity contribution in [1.29, 1.82) is 0 Å². The number of anilines is 1. The molecule has 0 radical (unpaired) electrons. The van der Waals surface area contributed by atoms with E-state index in [9.17, 15) is 17.6 Å². The number of hydrogen-bond donors (Lipinski definition) is 2. The van der Waals surface area contributed by atoms with Crippen molar-refractivity contribution in [3.05, 3.63) is 52.7 Å². The SMILES string of the molecule is Cc1cc(F)cc2c1CCC(N1CC3COCC3C1)C2Nc1ncnc2[nH]c(C(F)(F)F)cc12. The van der Waals surface area contributed by atoms with Crippen LogP contribution in [0.4, 0.5) is 23.4 Å². The van der Waals surface area contributed by atoms with Gasteiger partial charge in [-0.05, 0) is 54.7 Å². The minimum atomic E-state index is -4.52. The third kappa shape index (κ3) is 3.63. The van der Waals surface area contributed by atoms with Gasteiger partial charge in [0.1, 0.15) is 29.3 Å². The van der Waals surface area contributed by atoms with Crippen molar-refractivity contribution >= 4 is 16.9 Å². The molecule has 2 aromatic heterocycles. The Hall–Kier alpha value is -2.72. The molecule has 0 saturated carbocycles. The highest BCUT2D eigenvalue weighted by Crippen LogP contribution is 2.42. The number of aromatic amines is 1. The molecular weight excluding hydrogens is 450 g/mol. The fourth-order valence-corrected chi connectivity index (χ4v) is 6.00. The fraction of sp³-hybridized carbons (Fsp3) is 0.500. The van der Waals surface area contributed by atoms with Crippen molar-refractivity contribution in [3.63, 3.8) is 0 Å². The maximum atomic E-state index is 14.5. The van der Waals surface area contributed by atoms with Crippen LogP contribution in [0.1, 0.15) is 34.8 Å². The van der Waals surface area contributed by atoms with Gasteiger partial charge in [-0.2, -0.15) is 13.2 Å². The Morgan fingerprint density at radius 2 is 1.88 bits per heavy atom. The van der Waals surface area contributed by atoms with Crippen LogP contribution in [0.15, 0.2) is 24.5 Å². The Labute approximate surface area is 193 Å². The average molecular weight is 475 g/mol. The van der Waals surface area contributed by atoms with Crippen LogP contribution in [0, 0.1) is 24.6 Å². The summed E-state index contributed by atoms with van der Waals surface area (Å²) < 4.78 is 60.1. The highest BCUT2D eigenvalue weighted by Gasteiger charge is 2.44. The van der Waals surface area contributed by atoms with Crippen LogP contribution in [-0.4, -0.2) is 52.2 Å². The summed E-state index contributed by atoms with van der Waals surface area (Å²) in [5.74, 6) is 0.968. The van der Waals surface area contributed by atoms with Gasteiger partial charge < -0.3 is 15.0 Å². The van der Waals surface area contributed by atoms with Crippen LogP contribution in [0.2, 0.25) is 0 Å². The summed E-state index contributed by atoms with van der Waals surface area (Å²) in [7, 11) is 0. The number of fused-ring (bicyclic) bond motifs is 3. The van der Waals surface area contributed by atoms with E-state index >= 15 is 0 Å². The first-order valence-corrected chi connectivity index (χ1v) is 11.6. The topological polar surface area (TPSA) is 66.1 Å². The van der Waals surface area contributed by atoms with E-state index in [0.717, 1.165) is 61.9 Å². The van der Waals surface area contributed by atoms with Crippen molar-refractivity contribution in [2.45, 2.75) is 38.0 Å². The number of alkyl halides is 3. The Morgan fingerprint density at radius 3 is 2.62 bits per heavy atom. The van der Waals surface area contributed by atoms with Gasteiger partial charge in [0.2, 0.25) is 0 Å². The van der Waals surface area contributed by atoms with Gasteiger partial charge in [0.25, 0.3) is 0 Å². The number of aryl methyl sites for hydroxylation is 1. The van der Waals surface area contributed by atoms with Crippen molar-refractivity contribution in [2.75, 3.05) is 31.6 Å². The maximum Gasteiger partial charge on any atom is 0.431 e. The molecular formula is C24H25F4N5O. The lowest BCUT2D eigenvalue weighted by Crippen LogP contribution is -2.44. The van der Waals surface area contributed by atoms with E-state index in [4.69, 9.17) is 4.74 Å². The second kappa shape index (κ2) is 7.91. The Balaban J connectivity index is 1.41. The quantitative estimate of drug-likeness (QED) is 0.548. The lowest BCUT2D eigenvalue weighted by atomic mass is 9.81. The molecule has 2 N–H and O–H groups in total. The van der Waals surface area contributed by atoms with Gasteiger partial charge in [0.05, 0.1) is 24.6 Å². The monoisotopic (exact) mass is 475 g/mol. The normalized spacial score (nSPS) is 27.2. The molecule has 3 aromatic rings. The molecule has 4 unspecified atom stereocenters. The summed E-state index contributed by atoms with van der Waals surface area (Å²) in [5.41, 5.74) is 2.07. The van der Waals surface area contributed by atoms with Crippen LogP contribution >= 0.6 is 0 Å². The van der Waals surface area contributed by atoms with Crippen molar-refractivity contribution < 1.29 is 22.3 Å². The molecule has 10 heteroatoms. The third-order valence-electron chi connectivity index (χ3n) is 7.64. The third-order valence-corrected chi connectivity index (χ3v) is 7.64. The van der Waals surface area contributed by atoms with Gasteiger partial charge >= 0.3 is 6.18 Å². The zero-order chi connectivity index (χ0) is 23.6. The molecule has 2 aliphatic heterocycles. The summed E-state index contributed by atoms with van der Waals surface area (Å²) in [5, 5.41) is 3.68. The molecule has 34 heavy (non-hydrogen) atoms. The van der Waals surface area contributed by atoms with E-state index in [2.05, 4.69) is 25.2 Å². The van der Waals surface area contributed by atoms with Gasteiger partial charge in [-0.15, -0.1) is 0 Å². The van der Waals surface area contributed by atoms with Crippen molar-refractivity contribution in [3.8, 4) is 0 Å². The maximum absolute atomic E-state index is 14.5. The number of likely N-dealkylation sites (tertiary alicyclic amines) is 1. The number of halogens is 4. The van der Waals surface area contributed by atoms with Crippen molar-refractivity contribution in [1.82, 2.24) is 19.9 Å². The Bertz CT molecular complexity index is 1230. The molecule has 0 spiro atoms. The first kappa shape index (κ1) is 21.8. The molecule has 6 rings (SSSR count). The van der Waals surface area contributed by atoms with Gasteiger partial charge in [0.15, 0.2) is 0 Å². The van der Waals surface area contributed by atoms with Crippen LogP contribution in [0.3, 0.4) is 0 Å². The second-order valence-corrected chi connectivity index (χ2v) is 9.70. The lowest BCUT2D eigenvalue weighted by molar-refractivity contribution is -0.140. The highest BCUT2D eigenvalue weighted by atomic mass is 19.4. The lowest BCUT2D eigenvalue weighted by Gasteiger charge is -2.40. The standard InChI is InChI=1S/C24H25F4N5O/c1-12-4-15(25)5-17-16(12)2-3-19(33-7-13-9-34-10-14(13)8-33)21(17)32-23-18-6-20(24(26,27)28)31-22(18)29-11-30-23/h4-6,11,13-14,19,21H,2-3,7-10H2,1H3,(H2,29,30,31,32). The first-order chi connectivity index (χ1) is 16.3. The molecule has 1 aliphatic carbocycles. The number of H-pyrrole nitrogens is 1. The van der Waals surface area contributed by atoms with Crippen molar-refractivity contribution in [2.24, 2.45) is 11.8 Å². The largest absolute Gasteiger partial charge is 0.431 e. The molecule has 0 amide bonds. The predicted molar refractivity (Wildman–Crippen MR) is 118 cm³/mol. The summed E-state index contributed by atoms with van der Waals surface area (Å²) in [6.45, 7) is 5.22. The van der Waals surface area contributed by atoms with E-state index in [1.165, 1.54) is 6.33 Å². The highest BCUT2D eigenvalue weighted by molar-refractivity contribution is 5.88. The van der Waals surface area contributed by atoms with Crippen LogP contribution in [0.5, 0.6) is 0 Å². The molecule has 4 heterocycles. The van der Waals surface area contributed by atoms with Crippen LogP contribution in [-0.2, 0) is 17.3 Å². The van der Waals surface area contributed by atoms with E-state index < -0.39 is 11.9 Å². The van der Waals surface area contributed by atoms with Gasteiger partial charge in [0, 0.05) is 31.0 Å². The number of nitrogens with zero attached hydrogens (tertiary/aromatic N) is 3. The summed E-state index contributed by atoms with van der Waals surface area (Å²) >= 11 is 0. The first-order valence-electron chi connectivity index (χ1n) is 11.6. The van der Waals surface area contributed by atoms with Gasteiger partial charge in [-0.25, -0.2) is 14.4 Å². The number of rotatable bonds is 3. The molecule has 1 aromatic carbocycles. The Morgan fingerprint density at radius 1 is 1.12 bits per heavy atom.